The maximum Gasteiger partial charge on any atom is 0.131 e. The van der Waals surface area contributed by atoms with Crippen molar-refractivity contribution < 1.29 is 4.39 Å². The van der Waals surface area contributed by atoms with E-state index < -0.39 is 0 Å². The minimum atomic E-state index is -0.0616. The number of benzene rings is 2. The molecule has 2 aliphatic rings. The fourth-order valence-corrected chi connectivity index (χ4v) is 4.83. The van der Waals surface area contributed by atoms with Gasteiger partial charge >= 0.3 is 0 Å². The third kappa shape index (κ3) is 3.81. The quantitative estimate of drug-likeness (QED) is 0.541. The Balaban J connectivity index is 1.52. The van der Waals surface area contributed by atoms with Crippen LogP contribution in [-0.4, -0.2) is 0 Å². The first kappa shape index (κ1) is 16.8. The highest BCUT2D eigenvalue weighted by atomic mass is 19.1. The lowest BCUT2D eigenvalue weighted by Gasteiger charge is -2.23. The highest BCUT2D eigenvalue weighted by Crippen LogP contribution is 2.36. The van der Waals surface area contributed by atoms with Crippen molar-refractivity contribution in [3.63, 3.8) is 0 Å². The zero-order valence-corrected chi connectivity index (χ0v) is 15.1. The molecule has 0 nitrogen and oxygen atoms in total. The van der Waals surface area contributed by atoms with Crippen LogP contribution in [0.25, 0.3) is 11.1 Å². The number of hydrogen-bond acceptors (Lipinski definition) is 0. The third-order valence-corrected chi connectivity index (χ3v) is 6.37. The Morgan fingerprint density at radius 2 is 1.12 bits per heavy atom. The first-order valence-corrected chi connectivity index (χ1v) is 10.2. The Morgan fingerprint density at radius 1 is 0.600 bits per heavy atom. The predicted octanol–water partition coefficient (Wildman–Crippen LogP) is 7.59. The van der Waals surface area contributed by atoms with Crippen LogP contribution in [0.15, 0.2) is 42.5 Å². The van der Waals surface area contributed by atoms with Gasteiger partial charge in [0.25, 0.3) is 0 Å². The number of hydrogen-bond donors (Lipinski definition) is 0. The molecule has 0 heterocycles. The van der Waals surface area contributed by atoms with Gasteiger partial charge in [-0.15, -0.1) is 0 Å². The highest BCUT2D eigenvalue weighted by molar-refractivity contribution is 5.65. The van der Waals surface area contributed by atoms with E-state index in [-0.39, 0.29) is 5.82 Å². The SMILES string of the molecule is Fc1cc(C2CCCCC2)ccc1-c1ccc(C2CCCCC2)cc1. The average molecular weight is 336 g/mol. The summed E-state index contributed by atoms with van der Waals surface area (Å²) in [5.41, 5.74) is 4.38. The normalized spacial score (nSPS) is 19.9. The molecule has 2 aliphatic carbocycles. The van der Waals surface area contributed by atoms with E-state index in [9.17, 15) is 4.39 Å². The van der Waals surface area contributed by atoms with Gasteiger partial charge in [-0.3, -0.25) is 0 Å². The summed E-state index contributed by atoms with van der Waals surface area (Å²) in [5, 5.41) is 0. The van der Waals surface area contributed by atoms with Crippen molar-refractivity contribution in [3.8, 4) is 11.1 Å². The number of halogens is 1. The zero-order chi connectivity index (χ0) is 17.1. The van der Waals surface area contributed by atoms with Crippen molar-refractivity contribution in [3.05, 3.63) is 59.4 Å². The van der Waals surface area contributed by atoms with Crippen LogP contribution in [0.5, 0.6) is 0 Å². The van der Waals surface area contributed by atoms with Crippen LogP contribution in [0, 0.1) is 5.82 Å². The molecule has 25 heavy (non-hydrogen) atoms. The second kappa shape index (κ2) is 7.72. The van der Waals surface area contributed by atoms with E-state index >= 15 is 0 Å². The Morgan fingerprint density at radius 3 is 1.68 bits per heavy atom. The lowest BCUT2D eigenvalue weighted by Crippen LogP contribution is -2.05. The number of rotatable bonds is 3. The molecule has 4 rings (SSSR count). The van der Waals surface area contributed by atoms with Gasteiger partial charge in [-0.2, -0.15) is 0 Å². The second-order valence-electron chi connectivity index (χ2n) is 8.03. The van der Waals surface area contributed by atoms with Crippen LogP contribution in [0.2, 0.25) is 0 Å². The summed E-state index contributed by atoms with van der Waals surface area (Å²) in [5.74, 6) is 1.21. The monoisotopic (exact) mass is 336 g/mol. The Labute approximate surface area is 151 Å². The van der Waals surface area contributed by atoms with Crippen molar-refractivity contribution in [2.75, 3.05) is 0 Å². The van der Waals surface area contributed by atoms with Crippen LogP contribution < -0.4 is 0 Å². The van der Waals surface area contributed by atoms with Crippen molar-refractivity contribution in [2.24, 2.45) is 0 Å². The molecule has 2 aromatic rings. The predicted molar refractivity (Wildman–Crippen MR) is 103 cm³/mol. The van der Waals surface area contributed by atoms with E-state index in [1.54, 1.807) is 6.07 Å². The summed E-state index contributed by atoms with van der Waals surface area (Å²) in [6, 6.07) is 14.6. The minimum Gasteiger partial charge on any atom is -0.206 e. The maximum absolute atomic E-state index is 14.7. The molecule has 0 aromatic heterocycles. The lowest BCUT2D eigenvalue weighted by atomic mass is 9.83. The molecule has 2 fully saturated rings. The van der Waals surface area contributed by atoms with Gasteiger partial charge in [0.1, 0.15) is 5.82 Å². The van der Waals surface area contributed by atoms with Gasteiger partial charge < -0.3 is 0 Å². The summed E-state index contributed by atoms with van der Waals surface area (Å²) in [6.07, 6.45) is 13.1. The topological polar surface area (TPSA) is 0 Å². The molecule has 0 unspecified atom stereocenters. The Bertz CT molecular complexity index is 689. The standard InChI is InChI=1S/C24H29F/c25-24-17-22(19-9-5-2-6-10-19)15-16-23(24)21-13-11-20(12-14-21)18-7-3-1-4-8-18/h11-19H,1-10H2. The van der Waals surface area contributed by atoms with E-state index in [4.69, 9.17) is 0 Å². The van der Waals surface area contributed by atoms with Gasteiger partial charge in [0, 0.05) is 5.56 Å². The third-order valence-electron chi connectivity index (χ3n) is 6.37. The molecule has 1 heteroatoms. The molecule has 0 saturated heterocycles. The second-order valence-corrected chi connectivity index (χ2v) is 8.03. The van der Waals surface area contributed by atoms with Crippen molar-refractivity contribution >= 4 is 0 Å². The zero-order valence-electron chi connectivity index (χ0n) is 15.1. The summed E-state index contributed by atoms with van der Waals surface area (Å²) in [7, 11) is 0. The van der Waals surface area contributed by atoms with E-state index in [2.05, 4.69) is 30.3 Å². The molecular weight excluding hydrogens is 307 g/mol. The summed E-state index contributed by atoms with van der Waals surface area (Å²) >= 11 is 0. The smallest absolute Gasteiger partial charge is 0.131 e. The van der Waals surface area contributed by atoms with Crippen LogP contribution in [0.3, 0.4) is 0 Å². The molecule has 0 N–H and O–H groups in total. The van der Waals surface area contributed by atoms with Crippen LogP contribution in [0.4, 0.5) is 4.39 Å². The van der Waals surface area contributed by atoms with Crippen molar-refractivity contribution in [1.82, 2.24) is 0 Å². The van der Waals surface area contributed by atoms with Crippen molar-refractivity contribution in [1.29, 1.82) is 0 Å². The molecule has 2 aromatic carbocycles. The molecule has 0 radical (unpaired) electrons. The fourth-order valence-electron chi connectivity index (χ4n) is 4.83. The van der Waals surface area contributed by atoms with Crippen molar-refractivity contribution in [2.45, 2.75) is 76.0 Å². The maximum atomic E-state index is 14.7. The lowest BCUT2D eigenvalue weighted by molar-refractivity contribution is 0.442. The van der Waals surface area contributed by atoms with E-state index in [1.165, 1.54) is 75.3 Å². The van der Waals surface area contributed by atoms with E-state index in [0.717, 1.165) is 11.1 Å². The highest BCUT2D eigenvalue weighted by Gasteiger charge is 2.18. The van der Waals surface area contributed by atoms with Gasteiger partial charge in [-0.25, -0.2) is 4.39 Å². The molecule has 132 valence electrons. The van der Waals surface area contributed by atoms with Crippen LogP contribution >= 0.6 is 0 Å². The van der Waals surface area contributed by atoms with Gasteiger partial charge in [-0.1, -0.05) is 74.9 Å². The molecule has 0 amide bonds. The fraction of sp³-hybridized carbons (Fsp3) is 0.500. The Kier molecular flexibility index (Phi) is 5.20. The van der Waals surface area contributed by atoms with Crippen LogP contribution in [0.1, 0.15) is 87.2 Å². The van der Waals surface area contributed by atoms with Gasteiger partial charge in [0.15, 0.2) is 0 Å². The molecule has 2 saturated carbocycles. The largest absolute Gasteiger partial charge is 0.206 e. The van der Waals surface area contributed by atoms with E-state index in [0.29, 0.717) is 11.8 Å². The average Bonchev–Trinajstić information content (AvgIpc) is 2.69. The van der Waals surface area contributed by atoms with Gasteiger partial charge in [0.2, 0.25) is 0 Å². The molecule has 0 aliphatic heterocycles. The molecular formula is C24H29F. The van der Waals surface area contributed by atoms with Gasteiger partial charge in [-0.05, 0) is 60.3 Å². The van der Waals surface area contributed by atoms with E-state index in [1.807, 2.05) is 6.07 Å². The first-order valence-electron chi connectivity index (χ1n) is 10.2. The molecule has 0 bridgehead atoms. The van der Waals surface area contributed by atoms with Gasteiger partial charge in [0.05, 0.1) is 0 Å². The summed E-state index contributed by atoms with van der Waals surface area (Å²) in [6.45, 7) is 0. The molecule has 0 spiro atoms. The summed E-state index contributed by atoms with van der Waals surface area (Å²) < 4.78 is 14.7. The van der Waals surface area contributed by atoms with Crippen LogP contribution in [-0.2, 0) is 0 Å². The summed E-state index contributed by atoms with van der Waals surface area (Å²) in [4.78, 5) is 0. The Hall–Kier alpha value is -1.63. The molecule has 0 atom stereocenters. The minimum absolute atomic E-state index is 0.0616. The first-order chi connectivity index (χ1) is 12.3.